The van der Waals surface area contributed by atoms with Gasteiger partial charge in [-0.1, -0.05) is 5.16 Å². The molecule has 1 N–H and O–H groups in total. The molecule has 26 heavy (non-hydrogen) atoms. The molecule has 0 atom stereocenters. The molecular formula is C19H19FN4O2. The molecule has 0 saturated carbocycles. The Morgan fingerprint density at radius 1 is 1.19 bits per heavy atom. The fraction of sp³-hybridized carbons (Fsp3) is 0.316. The van der Waals surface area contributed by atoms with Crippen molar-refractivity contribution in [2.24, 2.45) is 0 Å². The lowest BCUT2D eigenvalue weighted by Gasteiger charge is -2.19. The van der Waals surface area contributed by atoms with Crippen LogP contribution in [0.2, 0.25) is 0 Å². The van der Waals surface area contributed by atoms with Gasteiger partial charge in [0.2, 0.25) is 0 Å². The largest absolute Gasteiger partial charge is 0.371 e. The van der Waals surface area contributed by atoms with Crippen molar-refractivity contribution in [3.05, 3.63) is 47.0 Å². The average Bonchev–Trinajstić information content (AvgIpc) is 3.24. The molecule has 1 saturated heterocycles. The lowest BCUT2D eigenvalue weighted by atomic mass is 10.1. The van der Waals surface area contributed by atoms with Crippen molar-refractivity contribution in [1.29, 1.82) is 0 Å². The molecule has 3 aromatic rings. The number of aromatic nitrogens is 2. The van der Waals surface area contributed by atoms with Crippen molar-refractivity contribution in [2.45, 2.75) is 26.7 Å². The monoisotopic (exact) mass is 354 g/mol. The minimum absolute atomic E-state index is 0.324. The Hall–Kier alpha value is -2.96. The van der Waals surface area contributed by atoms with Crippen LogP contribution in [0.5, 0.6) is 0 Å². The van der Waals surface area contributed by atoms with Gasteiger partial charge >= 0.3 is 0 Å². The van der Waals surface area contributed by atoms with Gasteiger partial charge in [0, 0.05) is 30.2 Å². The van der Waals surface area contributed by atoms with Crippen LogP contribution in [0, 0.1) is 19.7 Å². The number of carbonyl (C=O) groups excluding carboxylic acids is 1. The molecule has 0 radical (unpaired) electrons. The van der Waals surface area contributed by atoms with Gasteiger partial charge in [-0.3, -0.25) is 4.79 Å². The molecule has 1 aliphatic heterocycles. The minimum atomic E-state index is -0.373. The number of anilines is 2. The highest BCUT2D eigenvalue weighted by Gasteiger charge is 2.19. The maximum absolute atomic E-state index is 14.1. The molecule has 2 aromatic heterocycles. The number of nitrogens with zero attached hydrogens (tertiary/aromatic N) is 3. The number of pyridine rings is 1. The zero-order chi connectivity index (χ0) is 18.3. The molecule has 1 fully saturated rings. The highest BCUT2D eigenvalue weighted by atomic mass is 19.1. The van der Waals surface area contributed by atoms with Gasteiger partial charge in [0.1, 0.15) is 5.82 Å². The Morgan fingerprint density at radius 2 is 1.96 bits per heavy atom. The van der Waals surface area contributed by atoms with Gasteiger partial charge in [-0.15, -0.1) is 0 Å². The SMILES string of the molecule is Cc1cc(C(=O)Nc2cc(F)cc(N3CCCC3)c2)c2c(C)noc2n1. The minimum Gasteiger partial charge on any atom is -0.371 e. The molecule has 1 aromatic carbocycles. The van der Waals surface area contributed by atoms with Gasteiger partial charge in [0.15, 0.2) is 0 Å². The van der Waals surface area contributed by atoms with E-state index in [1.54, 1.807) is 26.0 Å². The predicted octanol–water partition coefficient (Wildman–Crippen LogP) is 3.83. The fourth-order valence-corrected chi connectivity index (χ4v) is 3.40. The van der Waals surface area contributed by atoms with Crippen molar-refractivity contribution in [1.82, 2.24) is 10.1 Å². The van der Waals surface area contributed by atoms with E-state index in [0.29, 0.717) is 33.7 Å². The molecule has 0 bridgehead atoms. The highest BCUT2D eigenvalue weighted by Crippen LogP contribution is 2.27. The Labute approximate surface area is 150 Å². The van der Waals surface area contributed by atoms with E-state index >= 15 is 0 Å². The van der Waals surface area contributed by atoms with Crippen LogP contribution in [0.4, 0.5) is 15.8 Å². The van der Waals surface area contributed by atoms with E-state index in [1.165, 1.54) is 12.1 Å². The summed E-state index contributed by atoms with van der Waals surface area (Å²) in [4.78, 5) is 19.2. The molecule has 1 amide bonds. The van der Waals surface area contributed by atoms with Crippen molar-refractivity contribution >= 4 is 28.4 Å². The smallest absolute Gasteiger partial charge is 0.258 e. The summed E-state index contributed by atoms with van der Waals surface area (Å²) in [5.74, 6) is -0.716. The first-order valence-electron chi connectivity index (χ1n) is 8.62. The summed E-state index contributed by atoms with van der Waals surface area (Å²) < 4.78 is 19.2. The molecule has 134 valence electrons. The Balaban J connectivity index is 1.68. The summed E-state index contributed by atoms with van der Waals surface area (Å²) in [5, 5.41) is 7.25. The van der Waals surface area contributed by atoms with Crippen LogP contribution in [-0.4, -0.2) is 29.1 Å². The van der Waals surface area contributed by atoms with Crippen molar-refractivity contribution in [3.63, 3.8) is 0 Å². The van der Waals surface area contributed by atoms with Crippen LogP contribution >= 0.6 is 0 Å². The maximum atomic E-state index is 14.1. The van der Waals surface area contributed by atoms with Gasteiger partial charge in [-0.05, 0) is 51.0 Å². The summed E-state index contributed by atoms with van der Waals surface area (Å²) in [7, 11) is 0. The number of fused-ring (bicyclic) bond motifs is 1. The van der Waals surface area contributed by atoms with E-state index in [-0.39, 0.29) is 11.7 Å². The van der Waals surface area contributed by atoms with E-state index < -0.39 is 0 Å². The average molecular weight is 354 g/mol. The van der Waals surface area contributed by atoms with Gasteiger partial charge in [0.05, 0.1) is 16.6 Å². The molecular weight excluding hydrogens is 335 g/mol. The highest BCUT2D eigenvalue weighted by molar-refractivity contribution is 6.12. The Kier molecular flexibility index (Phi) is 4.06. The maximum Gasteiger partial charge on any atom is 0.258 e. The van der Waals surface area contributed by atoms with Crippen LogP contribution in [0.25, 0.3) is 11.1 Å². The van der Waals surface area contributed by atoms with Crippen LogP contribution in [0.3, 0.4) is 0 Å². The molecule has 1 aliphatic rings. The number of aryl methyl sites for hydroxylation is 2. The second-order valence-corrected chi connectivity index (χ2v) is 6.61. The number of amides is 1. The zero-order valence-corrected chi connectivity index (χ0v) is 14.7. The third kappa shape index (κ3) is 3.00. The summed E-state index contributed by atoms with van der Waals surface area (Å²) in [5.41, 5.74) is 3.19. The number of benzene rings is 1. The Morgan fingerprint density at radius 3 is 2.73 bits per heavy atom. The molecule has 0 spiro atoms. The van der Waals surface area contributed by atoms with Crippen molar-refractivity contribution in [3.8, 4) is 0 Å². The first-order chi connectivity index (χ1) is 12.5. The first kappa shape index (κ1) is 16.5. The van der Waals surface area contributed by atoms with Gasteiger partial charge in [-0.2, -0.15) is 0 Å². The number of hydrogen-bond acceptors (Lipinski definition) is 5. The van der Waals surface area contributed by atoms with E-state index in [4.69, 9.17) is 4.52 Å². The Bertz CT molecular complexity index is 993. The number of carbonyl (C=O) groups is 1. The number of hydrogen-bond donors (Lipinski definition) is 1. The second-order valence-electron chi connectivity index (χ2n) is 6.61. The van der Waals surface area contributed by atoms with E-state index in [1.807, 2.05) is 0 Å². The van der Waals surface area contributed by atoms with E-state index in [9.17, 15) is 9.18 Å². The zero-order valence-electron chi connectivity index (χ0n) is 14.7. The first-order valence-corrected chi connectivity index (χ1v) is 8.62. The van der Waals surface area contributed by atoms with E-state index in [2.05, 4.69) is 20.4 Å². The molecule has 4 rings (SSSR count). The van der Waals surface area contributed by atoms with Gasteiger partial charge < -0.3 is 14.7 Å². The number of halogens is 1. The second kappa shape index (κ2) is 6.40. The molecule has 0 unspecified atom stereocenters. The lowest BCUT2D eigenvalue weighted by molar-refractivity contribution is 0.102. The third-order valence-corrected chi connectivity index (χ3v) is 4.60. The van der Waals surface area contributed by atoms with Crippen LogP contribution in [-0.2, 0) is 0 Å². The molecule has 0 aliphatic carbocycles. The fourth-order valence-electron chi connectivity index (χ4n) is 3.40. The van der Waals surface area contributed by atoms with Crippen molar-refractivity contribution < 1.29 is 13.7 Å². The molecule has 7 heteroatoms. The topological polar surface area (TPSA) is 71.3 Å². The number of rotatable bonds is 3. The van der Waals surface area contributed by atoms with Gasteiger partial charge in [-0.25, -0.2) is 9.37 Å². The van der Waals surface area contributed by atoms with Crippen LogP contribution < -0.4 is 10.2 Å². The van der Waals surface area contributed by atoms with Crippen LogP contribution in [0.1, 0.15) is 34.6 Å². The normalized spacial score (nSPS) is 14.2. The summed E-state index contributed by atoms with van der Waals surface area (Å²) >= 11 is 0. The molecule has 3 heterocycles. The quantitative estimate of drug-likeness (QED) is 0.774. The van der Waals surface area contributed by atoms with Gasteiger partial charge in [0.25, 0.3) is 11.6 Å². The molecule has 6 nitrogen and oxygen atoms in total. The number of nitrogens with one attached hydrogen (secondary N) is 1. The third-order valence-electron chi connectivity index (χ3n) is 4.60. The summed E-state index contributed by atoms with van der Waals surface area (Å²) in [6.45, 7) is 5.34. The predicted molar refractivity (Wildman–Crippen MR) is 97.1 cm³/mol. The standard InChI is InChI=1S/C19H19FN4O2/c1-11-7-16(17-12(2)23-26-19(17)21-11)18(25)22-14-8-13(20)9-15(10-14)24-5-3-4-6-24/h7-10H,3-6H2,1-2H3,(H,22,25). The van der Waals surface area contributed by atoms with Crippen molar-refractivity contribution in [2.75, 3.05) is 23.3 Å². The lowest BCUT2D eigenvalue weighted by Crippen LogP contribution is -2.19. The summed E-state index contributed by atoms with van der Waals surface area (Å²) in [6.07, 6.45) is 2.19. The van der Waals surface area contributed by atoms with E-state index in [0.717, 1.165) is 31.6 Å². The summed E-state index contributed by atoms with van der Waals surface area (Å²) in [6, 6.07) is 6.31. The van der Waals surface area contributed by atoms with Crippen LogP contribution in [0.15, 0.2) is 28.8 Å².